The largest absolute Gasteiger partial charge is 0.396 e. The average molecular weight is 211 g/mol. The van der Waals surface area contributed by atoms with Gasteiger partial charge in [-0.2, -0.15) is 0 Å². The summed E-state index contributed by atoms with van der Waals surface area (Å²) in [5.41, 5.74) is 0. The van der Waals surface area contributed by atoms with E-state index >= 15 is 0 Å². The maximum atomic E-state index is 11.1. The quantitative estimate of drug-likeness (QED) is 0.760. The summed E-state index contributed by atoms with van der Waals surface area (Å²) in [6.07, 6.45) is 4.96. The highest BCUT2D eigenvalue weighted by Gasteiger charge is 2.39. The van der Waals surface area contributed by atoms with Gasteiger partial charge in [0, 0.05) is 26.6 Å². The summed E-state index contributed by atoms with van der Waals surface area (Å²) in [5.74, 6) is 2.35. The van der Waals surface area contributed by atoms with Crippen LogP contribution in [0.3, 0.4) is 0 Å². The van der Waals surface area contributed by atoms with Crippen molar-refractivity contribution in [2.45, 2.75) is 32.6 Å². The van der Waals surface area contributed by atoms with E-state index in [2.05, 4.69) is 0 Å². The maximum Gasteiger partial charge on any atom is 0.219 e. The minimum absolute atomic E-state index is 0.197. The topological polar surface area (TPSA) is 40.5 Å². The predicted octanol–water partition coefficient (Wildman–Crippen LogP) is 1.26. The second-order valence-corrected chi connectivity index (χ2v) is 5.05. The number of nitrogens with zero attached hydrogens (tertiary/aromatic N) is 1. The van der Waals surface area contributed by atoms with Crippen LogP contribution in [0.1, 0.15) is 32.6 Å². The zero-order valence-corrected chi connectivity index (χ0v) is 9.48. The summed E-state index contributed by atoms with van der Waals surface area (Å²) in [4.78, 5) is 13.0. The van der Waals surface area contributed by atoms with Gasteiger partial charge in [0.25, 0.3) is 0 Å². The van der Waals surface area contributed by atoms with Crippen LogP contribution in [-0.2, 0) is 4.79 Å². The third kappa shape index (κ3) is 2.17. The number of carbonyl (C=O) groups is 1. The summed E-state index contributed by atoms with van der Waals surface area (Å²) in [5, 5.41) is 9.07. The van der Waals surface area contributed by atoms with Gasteiger partial charge < -0.3 is 10.0 Å². The van der Waals surface area contributed by atoms with Gasteiger partial charge in [0.2, 0.25) is 5.91 Å². The number of hydrogen-bond donors (Lipinski definition) is 1. The first-order valence-electron chi connectivity index (χ1n) is 6.08. The van der Waals surface area contributed by atoms with E-state index in [0.717, 1.165) is 25.4 Å². The van der Waals surface area contributed by atoms with Crippen molar-refractivity contribution in [1.82, 2.24) is 4.90 Å². The van der Waals surface area contributed by atoms with Crippen molar-refractivity contribution in [1.29, 1.82) is 0 Å². The van der Waals surface area contributed by atoms with Crippen LogP contribution in [0.15, 0.2) is 0 Å². The number of rotatable bonds is 4. The number of carbonyl (C=O) groups excluding carboxylic acids is 1. The Morgan fingerprint density at radius 3 is 2.47 bits per heavy atom. The van der Waals surface area contributed by atoms with Crippen LogP contribution in [0.2, 0.25) is 0 Å². The Morgan fingerprint density at radius 2 is 2.07 bits per heavy atom. The highest BCUT2D eigenvalue weighted by molar-refractivity contribution is 5.74. The van der Waals surface area contributed by atoms with Gasteiger partial charge in [-0.05, 0) is 24.2 Å². The number of hydrogen-bond acceptors (Lipinski definition) is 2. The molecular weight excluding hydrogens is 190 g/mol. The summed E-state index contributed by atoms with van der Waals surface area (Å²) in [6, 6.07) is 0. The van der Waals surface area contributed by atoms with E-state index in [9.17, 15) is 4.79 Å². The Labute approximate surface area is 91.5 Å². The fourth-order valence-corrected chi connectivity index (χ4v) is 2.91. The van der Waals surface area contributed by atoms with Crippen LogP contribution in [0.5, 0.6) is 0 Å². The summed E-state index contributed by atoms with van der Waals surface area (Å²) < 4.78 is 0. The lowest BCUT2D eigenvalue weighted by Crippen LogP contribution is -2.53. The second-order valence-electron chi connectivity index (χ2n) is 5.05. The average Bonchev–Trinajstić information content (AvgIpc) is 1.97. The SMILES string of the molecule is CC(=O)N1CC(C(CCO)C2CCC2)C1. The van der Waals surface area contributed by atoms with Crippen molar-refractivity contribution >= 4 is 5.91 Å². The molecule has 15 heavy (non-hydrogen) atoms. The molecule has 1 aliphatic heterocycles. The molecule has 1 atom stereocenters. The lowest BCUT2D eigenvalue weighted by molar-refractivity contribution is -0.137. The first-order valence-corrected chi connectivity index (χ1v) is 6.08. The number of amides is 1. The summed E-state index contributed by atoms with van der Waals surface area (Å²) >= 11 is 0. The van der Waals surface area contributed by atoms with Crippen molar-refractivity contribution in [2.75, 3.05) is 19.7 Å². The first-order chi connectivity index (χ1) is 7.22. The van der Waals surface area contributed by atoms with E-state index in [1.165, 1.54) is 19.3 Å². The molecule has 0 radical (unpaired) electrons. The minimum atomic E-state index is 0.197. The fourth-order valence-electron chi connectivity index (χ4n) is 2.91. The van der Waals surface area contributed by atoms with Gasteiger partial charge in [0.15, 0.2) is 0 Å². The van der Waals surface area contributed by atoms with Crippen molar-refractivity contribution in [2.24, 2.45) is 17.8 Å². The molecule has 1 aliphatic carbocycles. The van der Waals surface area contributed by atoms with Crippen molar-refractivity contribution < 1.29 is 9.90 Å². The molecule has 2 fully saturated rings. The van der Waals surface area contributed by atoms with E-state index in [4.69, 9.17) is 5.11 Å². The van der Waals surface area contributed by atoms with Gasteiger partial charge in [-0.15, -0.1) is 0 Å². The molecule has 3 heteroatoms. The molecule has 0 aromatic carbocycles. The number of likely N-dealkylation sites (tertiary alicyclic amines) is 1. The molecule has 1 N–H and O–H groups in total. The van der Waals surface area contributed by atoms with E-state index in [0.29, 0.717) is 18.4 Å². The highest BCUT2D eigenvalue weighted by Crippen LogP contribution is 2.41. The predicted molar refractivity (Wildman–Crippen MR) is 58.3 cm³/mol. The lowest BCUT2D eigenvalue weighted by atomic mass is 9.67. The maximum absolute atomic E-state index is 11.1. The molecule has 1 amide bonds. The molecule has 0 spiro atoms. The molecule has 1 saturated heterocycles. The highest BCUT2D eigenvalue weighted by atomic mass is 16.3. The Hall–Kier alpha value is -0.570. The molecule has 1 heterocycles. The third-order valence-electron chi connectivity index (χ3n) is 4.18. The van der Waals surface area contributed by atoms with Gasteiger partial charge in [-0.25, -0.2) is 0 Å². The zero-order valence-electron chi connectivity index (χ0n) is 9.48. The standard InChI is InChI=1S/C12H21NO2/c1-9(15)13-7-11(8-13)12(5-6-14)10-3-2-4-10/h10-12,14H,2-8H2,1H3. The van der Waals surface area contributed by atoms with E-state index < -0.39 is 0 Å². The van der Waals surface area contributed by atoms with Crippen molar-refractivity contribution in [3.05, 3.63) is 0 Å². The fraction of sp³-hybridized carbons (Fsp3) is 0.917. The van der Waals surface area contributed by atoms with E-state index in [1.807, 2.05) is 4.90 Å². The molecule has 1 saturated carbocycles. The molecule has 2 rings (SSSR count). The van der Waals surface area contributed by atoms with Crippen LogP contribution in [-0.4, -0.2) is 35.6 Å². The van der Waals surface area contributed by atoms with E-state index in [-0.39, 0.29) is 5.91 Å². The molecule has 3 nitrogen and oxygen atoms in total. The normalized spacial score (nSPS) is 24.5. The van der Waals surface area contributed by atoms with Crippen molar-refractivity contribution in [3.63, 3.8) is 0 Å². The van der Waals surface area contributed by atoms with Crippen LogP contribution in [0, 0.1) is 17.8 Å². The summed E-state index contributed by atoms with van der Waals surface area (Å²) in [7, 11) is 0. The minimum Gasteiger partial charge on any atom is -0.396 e. The monoisotopic (exact) mass is 211 g/mol. The smallest absolute Gasteiger partial charge is 0.219 e. The van der Waals surface area contributed by atoms with Crippen LogP contribution < -0.4 is 0 Å². The zero-order chi connectivity index (χ0) is 10.8. The van der Waals surface area contributed by atoms with Gasteiger partial charge in [-0.1, -0.05) is 19.3 Å². The molecule has 2 aliphatic rings. The van der Waals surface area contributed by atoms with E-state index in [1.54, 1.807) is 6.92 Å². The molecule has 0 bridgehead atoms. The Morgan fingerprint density at radius 1 is 1.40 bits per heavy atom. The first kappa shape index (κ1) is 10.9. The van der Waals surface area contributed by atoms with Crippen LogP contribution in [0.25, 0.3) is 0 Å². The molecular formula is C12H21NO2. The van der Waals surface area contributed by atoms with Crippen molar-refractivity contribution in [3.8, 4) is 0 Å². The van der Waals surface area contributed by atoms with Gasteiger partial charge >= 0.3 is 0 Å². The van der Waals surface area contributed by atoms with Gasteiger partial charge in [0.1, 0.15) is 0 Å². The van der Waals surface area contributed by atoms with Gasteiger partial charge in [0.05, 0.1) is 0 Å². The number of aliphatic hydroxyl groups excluding tert-OH is 1. The van der Waals surface area contributed by atoms with Crippen LogP contribution >= 0.6 is 0 Å². The Bertz CT molecular complexity index is 232. The summed E-state index contributed by atoms with van der Waals surface area (Å²) in [6.45, 7) is 3.80. The molecule has 0 aromatic heterocycles. The third-order valence-corrected chi connectivity index (χ3v) is 4.18. The Balaban J connectivity index is 1.82. The lowest BCUT2D eigenvalue weighted by Gasteiger charge is -2.47. The molecule has 0 aromatic rings. The second kappa shape index (κ2) is 4.52. The Kier molecular flexibility index (Phi) is 3.29. The van der Waals surface area contributed by atoms with Crippen LogP contribution in [0.4, 0.5) is 0 Å². The van der Waals surface area contributed by atoms with Gasteiger partial charge in [-0.3, -0.25) is 4.79 Å². The molecule has 1 unspecified atom stereocenters. The molecule has 86 valence electrons. The number of aliphatic hydroxyl groups is 1.